The van der Waals surface area contributed by atoms with E-state index in [1.54, 1.807) is 30.2 Å². The molecule has 0 fully saturated rings. The zero-order valence-electron chi connectivity index (χ0n) is 24.8. The molecule has 0 saturated carbocycles. The number of hydrogen-bond acceptors (Lipinski definition) is 5. The van der Waals surface area contributed by atoms with Crippen LogP contribution in [0.2, 0.25) is 0 Å². The van der Waals surface area contributed by atoms with Crippen molar-refractivity contribution in [1.29, 1.82) is 0 Å². The number of nitrogens with zero attached hydrogens (tertiary/aromatic N) is 4. The van der Waals surface area contributed by atoms with Gasteiger partial charge in [-0.3, -0.25) is 9.36 Å². The predicted molar refractivity (Wildman–Crippen MR) is 159 cm³/mol. The van der Waals surface area contributed by atoms with Gasteiger partial charge in [-0.15, -0.1) is 0 Å². The minimum absolute atomic E-state index is 0.271. The maximum Gasteiger partial charge on any atom is 0.407 e. The van der Waals surface area contributed by atoms with Crippen LogP contribution in [0.25, 0.3) is 5.52 Å². The van der Waals surface area contributed by atoms with Crippen LogP contribution in [0.1, 0.15) is 73.9 Å². The van der Waals surface area contributed by atoms with E-state index in [-0.39, 0.29) is 24.7 Å². The highest BCUT2D eigenvalue weighted by Gasteiger charge is 2.28. The molecule has 1 N–H and O–H groups in total. The van der Waals surface area contributed by atoms with Crippen LogP contribution in [0.4, 0.5) is 9.18 Å². The van der Waals surface area contributed by atoms with Crippen molar-refractivity contribution in [2.24, 2.45) is 0 Å². The summed E-state index contributed by atoms with van der Waals surface area (Å²) in [6, 6.07) is 18.3. The number of carbonyl (C=O) groups is 2. The molecule has 4 aromatic rings. The van der Waals surface area contributed by atoms with E-state index in [4.69, 9.17) is 4.74 Å². The molecule has 10 heteroatoms. The second-order valence-corrected chi connectivity index (χ2v) is 11.3. The van der Waals surface area contributed by atoms with E-state index in [9.17, 15) is 18.8 Å². The first-order valence-electron chi connectivity index (χ1n) is 14.1. The molecule has 0 radical (unpaired) electrons. The van der Waals surface area contributed by atoms with Crippen LogP contribution in [0, 0.1) is 12.7 Å². The Hall–Kier alpha value is -4.47. The van der Waals surface area contributed by atoms with Crippen molar-refractivity contribution in [2.75, 3.05) is 13.1 Å². The number of hydrogen-bond donors (Lipinski definition) is 1. The smallest absolute Gasteiger partial charge is 0.407 e. The molecule has 222 valence electrons. The van der Waals surface area contributed by atoms with Gasteiger partial charge in [0.25, 0.3) is 5.91 Å². The molecule has 0 aliphatic heterocycles. The number of fused-ring (bicyclic) bond motifs is 1. The third kappa shape index (κ3) is 7.43. The first-order chi connectivity index (χ1) is 20.0. The van der Waals surface area contributed by atoms with E-state index in [2.05, 4.69) is 10.4 Å². The normalized spacial score (nSPS) is 12.2. The number of amides is 2. The fraction of sp³-hybridized carbons (Fsp3) is 0.375. The van der Waals surface area contributed by atoms with Crippen molar-refractivity contribution in [2.45, 2.75) is 65.6 Å². The van der Waals surface area contributed by atoms with Crippen LogP contribution in [-0.4, -0.2) is 49.8 Å². The minimum atomic E-state index is -0.630. The molecule has 0 saturated heterocycles. The van der Waals surface area contributed by atoms with Gasteiger partial charge in [0.05, 0.1) is 23.8 Å². The first-order valence-corrected chi connectivity index (χ1v) is 14.1. The monoisotopic (exact) mass is 575 g/mol. The quantitative estimate of drug-likeness (QED) is 0.252. The van der Waals surface area contributed by atoms with Gasteiger partial charge >= 0.3 is 11.8 Å². The maximum atomic E-state index is 14.0. The number of halogens is 1. The van der Waals surface area contributed by atoms with Crippen molar-refractivity contribution >= 4 is 17.5 Å². The van der Waals surface area contributed by atoms with Gasteiger partial charge in [0, 0.05) is 24.3 Å². The van der Waals surface area contributed by atoms with Gasteiger partial charge in [0.15, 0.2) is 0 Å². The Labute approximate surface area is 244 Å². The molecule has 2 heterocycles. The van der Waals surface area contributed by atoms with E-state index in [1.807, 2.05) is 56.3 Å². The summed E-state index contributed by atoms with van der Waals surface area (Å²) in [5.41, 5.74) is 2.32. The minimum Gasteiger partial charge on any atom is -0.444 e. The van der Waals surface area contributed by atoms with Crippen LogP contribution in [0.5, 0.6) is 0 Å². The highest BCUT2D eigenvalue weighted by molar-refractivity contribution is 5.94. The lowest BCUT2D eigenvalue weighted by Gasteiger charge is -2.33. The van der Waals surface area contributed by atoms with E-state index < -0.39 is 23.6 Å². The second-order valence-electron chi connectivity index (χ2n) is 11.3. The summed E-state index contributed by atoms with van der Waals surface area (Å²) in [5, 5.41) is 7.14. The molecule has 2 amide bonds. The summed E-state index contributed by atoms with van der Waals surface area (Å²) in [6.45, 7) is 9.98. The molecule has 1 atom stereocenters. The Bertz CT molecular complexity index is 1590. The van der Waals surface area contributed by atoms with Gasteiger partial charge < -0.3 is 15.0 Å². The number of benzene rings is 2. The SMILES string of the molecule is CCC(c1cc2cc(C)nn2c(=O)n1Cc1ccccc1)N(CCCNC(=O)OC(C)(C)C)C(=O)c1ccc(F)cc1. The van der Waals surface area contributed by atoms with Crippen molar-refractivity contribution in [3.05, 3.63) is 106 Å². The standard InChI is InChI=1S/C32H38FN5O4/c1-6-27(28-20-26-19-22(2)35-38(26)31(41)37(28)21-23-11-8-7-9-12-23)36(29(39)24-13-15-25(33)16-14-24)18-10-17-34-30(40)42-32(3,4)5/h7-9,11-16,19-20,27H,6,10,17-18,21H2,1-5H3,(H,34,40). The van der Waals surface area contributed by atoms with Gasteiger partial charge in [0.2, 0.25) is 0 Å². The van der Waals surface area contributed by atoms with Gasteiger partial charge in [-0.05, 0) is 82.5 Å². The maximum absolute atomic E-state index is 14.0. The fourth-order valence-electron chi connectivity index (χ4n) is 4.93. The van der Waals surface area contributed by atoms with E-state index >= 15 is 0 Å². The average Bonchev–Trinajstić information content (AvgIpc) is 3.32. The molecule has 4 rings (SSSR count). The highest BCUT2D eigenvalue weighted by atomic mass is 19.1. The van der Waals surface area contributed by atoms with Crippen LogP contribution >= 0.6 is 0 Å². The number of nitrogens with one attached hydrogen (secondary N) is 1. The Morgan fingerprint density at radius 2 is 1.76 bits per heavy atom. The number of rotatable bonds is 10. The predicted octanol–water partition coefficient (Wildman–Crippen LogP) is 5.50. The van der Waals surface area contributed by atoms with Gasteiger partial charge in [-0.25, -0.2) is 14.0 Å². The molecule has 0 aliphatic carbocycles. The molecule has 0 aliphatic rings. The highest BCUT2D eigenvalue weighted by Crippen LogP contribution is 2.28. The number of ether oxygens (including phenoxy) is 1. The molecule has 2 aromatic heterocycles. The average molecular weight is 576 g/mol. The molecule has 2 aromatic carbocycles. The summed E-state index contributed by atoms with van der Waals surface area (Å²) in [4.78, 5) is 41.6. The lowest BCUT2D eigenvalue weighted by molar-refractivity contribution is 0.0523. The number of aromatic nitrogens is 3. The zero-order valence-corrected chi connectivity index (χ0v) is 24.8. The summed E-state index contributed by atoms with van der Waals surface area (Å²) in [6.07, 6.45) is 0.396. The van der Waals surface area contributed by atoms with Crippen LogP contribution in [0.3, 0.4) is 0 Å². The molecular weight excluding hydrogens is 537 g/mol. The summed E-state index contributed by atoms with van der Waals surface area (Å²) in [7, 11) is 0. The Balaban J connectivity index is 1.73. The molecule has 9 nitrogen and oxygen atoms in total. The van der Waals surface area contributed by atoms with Crippen LogP contribution in [-0.2, 0) is 11.3 Å². The Morgan fingerprint density at radius 1 is 1.07 bits per heavy atom. The third-order valence-electron chi connectivity index (χ3n) is 6.76. The van der Waals surface area contributed by atoms with Crippen LogP contribution in [0.15, 0.2) is 71.5 Å². The number of aryl methyl sites for hydroxylation is 1. The molecule has 42 heavy (non-hydrogen) atoms. The van der Waals surface area contributed by atoms with E-state index in [0.717, 1.165) is 5.56 Å². The summed E-state index contributed by atoms with van der Waals surface area (Å²) in [5.74, 6) is -0.743. The molecule has 0 bridgehead atoms. The lowest BCUT2D eigenvalue weighted by Crippen LogP contribution is -2.41. The van der Waals surface area contributed by atoms with Crippen molar-refractivity contribution in [1.82, 2.24) is 24.4 Å². The molecule has 0 spiro atoms. The zero-order chi connectivity index (χ0) is 30.4. The topological polar surface area (TPSA) is 97.9 Å². The largest absolute Gasteiger partial charge is 0.444 e. The van der Waals surface area contributed by atoms with Crippen molar-refractivity contribution in [3.63, 3.8) is 0 Å². The Morgan fingerprint density at radius 3 is 2.40 bits per heavy atom. The van der Waals surface area contributed by atoms with E-state index in [1.165, 1.54) is 28.8 Å². The molecule has 1 unspecified atom stereocenters. The number of carbonyl (C=O) groups excluding carboxylic acids is 2. The van der Waals surface area contributed by atoms with E-state index in [0.29, 0.717) is 41.9 Å². The first kappa shape index (κ1) is 30.5. The Kier molecular flexibility index (Phi) is 9.45. The van der Waals surface area contributed by atoms with Gasteiger partial charge in [-0.1, -0.05) is 37.3 Å². The third-order valence-corrected chi connectivity index (χ3v) is 6.76. The fourth-order valence-corrected chi connectivity index (χ4v) is 4.93. The van der Waals surface area contributed by atoms with Crippen molar-refractivity contribution < 1.29 is 18.7 Å². The second kappa shape index (κ2) is 13.0. The van der Waals surface area contributed by atoms with Crippen molar-refractivity contribution in [3.8, 4) is 0 Å². The van der Waals surface area contributed by atoms with Gasteiger partial charge in [0.1, 0.15) is 11.4 Å². The van der Waals surface area contributed by atoms with Gasteiger partial charge in [-0.2, -0.15) is 9.61 Å². The number of alkyl carbamates (subject to hydrolysis) is 1. The lowest BCUT2D eigenvalue weighted by atomic mass is 10.0. The van der Waals surface area contributed by atoms with Crippen LogP contribution < -0.4 is 11.0 Å². The molecular formula is C32H38FN5O4. The summed E-state index contributed by atoms with van der Waals surface area (Å²) >= 11 is 0. The summed E-state index contributed by atoms with van der Waals surface area (Å²) < 4.78 is 22.1.